The Labute approximate surface area is 108 Å². The minimum Gasteiger partial charge on any atom is -0.550 e. The first kappa shape index (κ1) is 13.4. The molecule has 0 aromatic rings. The third kappa shape index (κ3) is 1.91. The van der Waals surface area contributed by atoms with Gasteiger partial charge in [-0.15, -0.1) is 0 Å². The summed E-state index contributed by atoms with van der Waals surface area (Å²) in [4.78, 5) is 22.1. The summed E-state index contributed by atoms with van der Waals surface area (Å²) >= 11 is 0. The lowest BCUT2D eigenvalue weighted by molar-refractivity contribution is -0.305. The van der Waals surface area contributed by atoms with Gasteiger partial charge in [-0.05, 0) is 42.4 Å². The van der Waals surface area contributed by atoms with Gasteiger partial charge in [0, 0.05) is 18.4 Å². The van der Waals surface area contributed by atoms with E-state index in [0.717, 1.165) is 12.8 Å². The van der Waals surface area contributed by atoms with Gasteiger partial charge in [0.1, 0.15) is 0 Å². The molecule has 0 aromatic heterocycles. The number of carbonyl (C=O) groups is 2. The van der Waals surface area contributed by atoms with Gasteiger partial charge < -0.3 is 15.2 Å². The second-order valence-electron chi connectivity index (χ2n) is 6.60. The van der Waals surface area contributed by atoms with Gasteiger partial charge in [-0.1, -0.05) is 20.8 Å². The van der Waals surface area contributed by atoms with Gasteiger partial charge >= 0.3 is 0 Å². The van der Waals surface area contributed by atoms with E-state index in [2.05, 4.69) is 26.1 Å². The van der Waals surface area contributed by atoms with Crippen LogP contribution in [0.1, 0.15) is 52.9 Å². The highest BCUT2D eigenvalue weighted by Gasteiger charge is 2.61. The van der Waals surface area contributed by atoms with E-state index >= 15 is 0 Å². The lowest BCUT2D eigenvalue weighted by atomic mass is 9.69. The molecule has 0 radical (unpaired) electrons. The van der Waals surface area contributed by atoms with E-state index in [0.29, 0.717) is 5.92 Å². The Morgan fingerprint density at radius 3 is 2.39 bits per heavy atom. The summed E-state index contributed by atoms with van der Waals surface area (Å²) in [7, 11) is 0. The summed E-state index contributed by atoms with van der Waals surface area (Å²) in [6.45, 7) is 6.83. The number of carbonyl (C=O) groups excluding carboxylic acids is 2. The van der Waals surface area contributed by atoms with Gasteiger partial charge in [-0.2, -0.15) is 0 Å². The van der Waals surface area contributed by atoms with Crippen LogP contribution in [-0.2, 0) is 9.59 Å². The molecule has 0 saturated heterocycles. The lowest BCUT2D eigenvalue weighted by Gasteiger charge is -2.39. The molecular formula is C14H22NO3-. The Morgan fingerprint density at radius 1 is 1.28 bits per heavy atom. The highest BCUT2D eigenvalue weighted by Crippen LogP contribution is 2.65. The maximum absolute atomic E-state index is 11.7. The third-order valence-electron chi connectivity index (χ3n) is 5.69. The van der Waals surface area contributed by atoms with Crippen LogP contribution in [0, 0.1) is 16.7 Å². The Balaban J connectivity index is 1.96. The van der Waals surface area contributed by atoms with E-state index in [9.17, 15) is 14.7 Å². The lowest BCUT2D eigenvalue weighted by Crippen LogP contribution is -2.47. The first-order chi connectivity index (χ1) is 8.27. The molecule has 2 rings (SSSR count). The van der Waals surface area contributed by atoms with E-state index in [4.69, 9.17) is 0 Å². The third-order valence-corrected chi connectivity index (χ3v) is 5.69. The predicted molar refractivity (Wildman–Crippen MR) is 65.4 cm³/mol. The monoisotopic (exact) mass is 252 g/mol. The van der Waals surface area contributed by atoms with Crippen molar-refractivity contribution in [3.63, 3.8) is 0 Å². The number of hydrogen-bond acceptors (Lipinski definition) is 3. The first-order valence-corrected chi connectivity index (χ1v) is 6.76. The van der Waals surface area contributed by atoms with Crippen LogP contribution in [-0.4, -0.2) is 17.9 Å². The van der Waals surface area contributed by atoms with Crippen LogP contribution < -0.4 is 10.4 Å². The normalized spacial score (nSPS) is 36.6. The highest BCUT2D eigenvalue weighted by atomic mass is 16.4. The minimum atomic E-state index is -1.16. The second-order valence-corrected chi connectivity index (χ2v) is 6.60. The molecule has 1 amide bonds. The van der Waals surface area contributed by atoms with Crippen molar-refractivity contribution < 1.29 is 14.7 Å². The standard InChI is InChI=1S/C14H23NO3/c1-13(2)9-6-7-14(13,3)10(8-9)15-11(16)4-5-12(17)18/h9-10H,4-8H2,1-3H3,(H,15,16)(H,17,18)/p-1/t9-,10+,14+/m0/s1. The summed E-state index contributed by atoms with van der Waals surface area (Å²) in [6.07, 6.45) is 3.26. The van der Waals surface area contributed by atoms with Crippen molar-refractivity contribution in [3.8, 4) is 0 Å². The zero-order valence-corrected chi connectivity index (χ0v) is 11.4. The highest BCUT2D eigenvalue weighted by molar-refractivity contribution is 5.80. The largest absolute Gasteiger partial charge is 0.550 e. The number of aliphatic carboxylic acids is 1. The number of nitrogens with one attached hydrogen (secondary N) is 1. The molecule has 102 valence electrons. The van der Waals surface area contributed by atoms with E-state index in [-0.39, 0.29) is 35.6 Å². The fourth-order valence-electron chi connectivity index (χ4n) is 3.90. The average molecular weight is 252 g/mol. The summed E-state index contributed by atoms with van der Waals surface area (Å²) < 4.78 is 0. The van der Waals surface area contributed by atoms with E-state index < -0.39 is 5.97 Å². The molecule has 3 atom stereocenters. The molecule has 2 saturated carbocycles. The molecule has 2 aliphatic carbocycles. The minimum absolute atomic E-state index is 0.0278. The average Bonchev–Trinajstić information content (AvgIpc) is 2.59. The first-order valence-electron chi connectivity index (χ1n) is 6.76. The predicted octanol–water partition coefficient (Wildman–Crippen LogP) is 0.847. The Kier molecular flexibility index (Phi) is 3.16. The van der Waals surface area contributed by atoms with E-state index in [1.807, 2.05) is 0 Å². The quantitative estimate of drug-likeness (QED) is 0.806. The fourth-order valence-corrected chi connectivity index (χ4v) is 3.90. The number of amides is 1. The molecule has 1 N–H and O–H groups in total. The van der Waals surface area contributed by atoms with Crippen molar-refractivity contribution in [2.45, 2.75) is 58.9 Å². The van der Waals surface area contributed by atoms with Crippen molar-refractivity contribution in [3.05, 3.63) is 0 Å². The summed E-state index contributed by atoms with van der Waals surface area (Å²) in [5.74, 6) is -0.646. The number of rotatable bonds is 4. The van der Waals surface area contributed by atoms with Crippen LogP contribution in [0.4, 0.5) is 0 Å². The Bertz CT molecular complexity index is 377. The SMILES string of the molecule is CC1(C)[C@H]2CC[C@]1(C)[C@H](NC(=O)CCC(=O)[O-])C2. The summed E-state index contributed by atoms with van der Waals surface area (Å²) in [6, 6.07) is 0.195. The molecule has 4 nitrogen and oxygen atoms in total. The summed E-state index contributed by atoms with van der Waals surface area (Å²) in [5.41, 5.74) is 0.411. The van der Waals surface area contributed by atoms with Gasteiger partial charge in [-0.25, -0.2) is 0 Å². The van der Waals surface area contributed by atoms with Crippen LogP contribution in [0.15, 0.2) is 0 Å². The molecule has 0 aliphatic heterocycles. The maximum Gasteiger partial charge on any atom is 0.220 e. The van der Waals surface area contributed by atoms with Gasteiger partial charge in [0.2, 0.25) is 5.91 Å². The van der Waals surface area contributed by atoms with Crippen LogP contribution in [0.5, 0.6) is 0 Å². The molecule has 0 aromatic carbocycles. The topological polar surface area (TPSA) is 69.2 Å². The Hall–Kier alpha value is -1.06. The number of carboxylic acids is 1. The van der Waals surface area contributed by atoms with Gasteiger partial charge in [0.05, 0.1) is 0 Å². The molecule has 0 unspecified atom stereocenters. The molecule has 2 fully saturated rings. The zero-order valence-electron chi connectivity index (χ0n) is 11.4. The molecule has 0 heterocycles. The van der Waals surface area contributed by atoms with Crippen LogP contribution in [0.3, 0.4) is 0 Å². The van der Waals surface area contributed by atoms with Crippen molar-refractivity contribution in [2.24, 2.45) is 16.7 Å². The number of carboxylic acid groups (broad SMARTS) is 1. The van der Waals surface area contributed by atoms with E-state index in [1.54, 1.807) is 0 Å². The molecule has 18 heavy (non-hydrogen) atoms. The van der Waals surface area contributed by atoms with Gasteiger partial charge in [0.25, 0.3) is 0 Å². The molecular weight excluding hydrogens is 230 g/mol. The molecule has 0 spiro atoms. The van der Waals surface area contributed by atoms with Gasteiger partial charge in [0.15, 0.2) is 0 Å². The smallest absolute Gasteiger partial charge is 0.220 e. The van der Waals surface area contributed by atoms with Crippen LogP contribution >= 0.6 is 0 Å². The van der Waals surface area contributed by atoms with Crippen molar-refractivity contribution in [1.82, 2.24) is 5.32 Å². The van der Waals surface area contributed by atoms with Crippen LogP contribution in [0.2, 0.25) is 0 Å². The molecule has 2 aliphatic rings. The maximum atomic E-state index is 11.7. The van der Waals surface area contributed by atoms with Crippen molar-refractivity contribution >= 4 is 11.9 Å². The van der Waals surface area contributed by atoms with Gasteiger partial charge in [-0.3, -0.25) is 4.79 Å². The number of fused-ring (bicyclic) bond motifs is 2. The second kappa shape index (κ2) is 4.25. The van der Waals surface area contributed by atoms with E-state index in [1.165, 1.54) is 6.42 Å². The summed E-state index contributed by atoms with van der Waals surface area (Å²) in [5, 5.41) is 13.4. The Morgan fingerprint density at radius 2 is 1.94 bits per heavy atom. The fraction of sp³-hybridized carbons (Fsp3) is 0.857. The van der Waals surface area contributed by atoms with Crippen molar-refractivity contribution in [1.29, 1.82) is 0 Å². The van der Waals surface area contributed by atoms with Crippen molar-refractivity contribution in [2.75, 3.05) is 0 Å². The molecule has 4 heteroatoms. The number of hydrogen-bond donors (Lipinski definition) is 1. The molecule has 2 bridgehead atoms. The zero-order chi connectivity index (χ0) is 13.6. The van der Waals surface area contributed by atoms with Crippen LogP contribution in [0.25, 0.3) is 0 Å².